The van der Waals surface area contributed by atoms with Gasteiger partial charge in [0.25, 0.3) is 0 Å². The van der Waals surface area contributed by atoms with Crippen molar-refractivity contribution in [1.29, 1.82) is 0 Å². The Labute approximate surface area is 187 Å². The van der Waals surface area contributed by atoms with E-state index in [0.717, 1.165) is 30.7 Å². The van der Waals surface area contributed by atoms with E-state index in [-0.39, 0.29) is 29.9 Å². The van der Waals surface area contributed by atoms with Gasteiger partial charge in [0, 0.05) is 45.7 Å². The van der Waals surface area contributed by atoms with Crippen LogP contribution in [0.3, 0.4) is 0 Å². The second-order valence-corrected chi connectivity index (χ2v) is 7.03. The number of carbonyl (C=O) groups excluding carboxylic acids is 1. The van der Waals surface area contributed by atoms with Crippen LogP contribution in [-0.2, 0) is 11.3 Å². The first-order valence-electron chi connectivity index (χ1n) is 10.2. The van der Waals surface area contributed by atoms with Gasteiger partial charge in [-0.3, -0.25) is 14.7 Å². The van der Waals surface area contributed by atoms with E-state index in [9.17, 15) is 4.79 Å². The normalized spacial score (nSPS) is 17.5. The number of benzene rings is 1. The molecule has 1 heterocycles. The van der Waals surface area contributed by atoms with Crippen LogP contribution >= 0.6 is 24.0 Å². The fraction of sp³-hybridized carbons (Fsp3) is 0.619. The van der Waals surface area contributed by atoms with Crippen LogP contribution in [0.15, 0.2) is 35.3 Å². The number of amides is 1. The van der Waals surface area contributed by atoms with Crippen LogP contribution in [0.2, 0.25) is 0 Å². The van der Waals surface area contributed by atoms with E-state index in [1.54, 1.807) is 7.05 Å². The summed E-state index contributed by atoms with van der Waals surface area (Å²) in [6.45, 7) is 6.53. The van der Waals surface area contributed by atoms with E-state index in [2.05, 4.69) is 32.8 Å². The van der Waals surface area contributed by atoms with Crippen molar-refractivity contribution in [2.75, 3.05) is 33.2 Å². The van der Waals surface area contributed by atoms with Gasteiger partial charge in [0.2, 0.25) is 5.91 Å². The summed E-state index contributed by atoms with van der Waals surface area (Å²) in [4.78, 5) is 18.8. The van der Waals surface area contributed by atoms with E-state index in [1.807, 2.05) is 30.3 Å². The number of hydrogen-bond acceptors (Lipinski definition) is 3. The van der Waals surface area contributed by atoms with Gasteiger partial charge >= 0.3 is 0 Å². The van der Waals surface area contributed by atoms with Crippen molar-refractivity contribution < 1.29 is 4.79 Å². The number of halogens is 1. The number of hydrogen-bond donors (Lipinski definition) is 3. The maximum atomic E-state index is 12.0. The molecule has 1 amide bonds. The lowest BCUT2D eigenvalue weighted by molar-refractivity contribution is -0.121. The first-order valence-corrected chi connectivity index (χ1v) is 10.2. The Hall–Kier alpha value is -1.35. The second kappa shape index (κ2) is 14.6. The molecule has 0 aromatic heterocycles. The molecule has 1 fully saturated rings. The molecular weight excluding hydrogens is 465 g/mol. The van der Waals surface area contributed by atoms with Gasteiger partial charge in [-0.05, 0) is 31.4 Å². The molecule has 7 heteroatoms. The Balaban J connectivity index is 0.00000392. The van der Waals surface area contributed by atoms with E-state index in [1.165, 1.54) is 32.2 Å². The predicted octanol–water partition coefficient (Wildman–Crippen LogP) is 2.74. The third-order valence-corrected chi connectivity index (χ3v) is 5.11. The molecule has 1 aliphatic rings. The zero-order valence-electron chi connectivity index (χ0n) is 17.2. The highest BCUT2D eigenvalue weighted by molar-refractivity contribution is 14.0. The highest BCUT2D eigenvalue weighted by Crippen LogP contribution is 2.18. The Morgan fingerprint density at radius 1 is 1.14 bits per heavy atom. The second-order valence-electron chi connectivity index (χ2n) is 7.03. The smallest absolute Gasteiger partial charge is 0.222 e. The lowest BCUT2D eigenvalue weighted by Gasteiger charge is -2.35. The summed E-state index contributed by atoms with van der Waals surface area (Å²) < 4.78 is 0. The van der Waals surface area contributed by atoms with Crippen LogP contribution in [0.5, 0.6) is 0 Å². The van der Waals surface area contributed by atoms with Gasteiger partial charge in [-0.25, -0.2) is 0 Å². The molecular formula is C21H36IN5O. The Morgan fingerprint density at radius 3 is 2.61 bits per heavy atom. The molecule has 1 aromatic rings. The number of carbonyl (C=O) groups is 1. The predicted molar refractivity (Wildman–Crippen MR) is 127 cm³/mol. The minimum atomic E-state index is 0. The first kappa shape index (κ1) is 24.7. The fourth-order valence-corrected chi connectivity index (χ4v) is 3.53. The maximum Gasteiger partial charge on any atom is 0.222 e. The van der Waals surface area contributed by atoms with Crippen molar-refractivity contribution in [3.63, 3.8) is 0 Å². The largest absolute Gasteiger partial charge is 0.356 e. The third-order valence-electron chi connectivity index (χ3n) is 5.11. The molecule has 1 unspecified atom stereocenters. The molecule has 0 bridgehead atoms. The fourth-order valence-electron chi connectivity index (χ4n) is 3.53. The molecule has 3 N–H and O–H groups in total. The lowest BCUT2D eigenvalue weighted by Crippen LogP contribution is -2.46. The molecule has 0 radical (unpaired) electrons. The molecule has 1 aromatic carbocycles. The molecule has 6 nitrogen and oxygen atoms in total. The van der Waals surface area contributed by atoms with Gasteiger partial charge in [0.15, 0.2) is 5.96 Å². The van der Waals surface area contributed by atoms with Gasteiger partial charge in [-0.2, -0.15) is 0 Å². The summed E-state index contributed by atoms with van der Waals surface area (Å²) in [5, 5.41) is 9.52. The van der Waals surface area contributed by atoms with Crippen molar-refractivity contribution in [2.45, 2.75) is 51.6 Å². The quantitative estimate of drug-likeness (QED) is 0.277. The van der Waals surface area contributed by atoms with Crippen LogP contribution in [0.25, 0.3) is 0 Å². The van der Waals surface area contributed by atoms with Crippen LogP contribution < -0.4 is 16.0 Å². The summed E-state index contributed by atoms with van der Waals surface area (Å²) in [6, 6.07) is 10.7. The third kappa shape index (κ3) is 9.23. The van der Waals surface area contributed by atoms with Gasteiger partial charge in [0.1, 0.15) is 0 Å². The molecule has 1 aliphatic heterocycles. The lowest BCUT2D eigenvalue weighted by atomic mass is 10.0. The number of nitrogens with zero attached hydrogens (tertiary/aromatic N) is 2. The average Bonchev–Trinajstić information content (AvgIpc) is 2.72. The van der Waals surface area contributed by atoms with Gasteiger partial charge in [-0.1, -0.05) is 43.7 Å². The highest BCUT2D eigenvalue weighted by Gasteiger charge is 2.19. The average molecular weight is 501 g/mol. The topological polar surface area (TPSA) is 68.8 Å². The summed E-state index contributed by atoms with van der Waals surface area (Å²) in [6.07, 6.45) is 5.64. The summed E-state index contributed by atoms with van der Waals surface area (Å²) >= 11 is 0. The Bertz CT molecular complexity index is 581. The zero-order chi connectivity index (χ0) is 19.3. The van der Waals surface area contributed by atoms with E-state index < -0.39 is 0 Å². The number of nitrogens with one attached hydrogen (secondary N) is 3. The van der Waals surface area contributed by atoms with Crippen molar-refractivity contribution >= 4 is 35.8 Å². The number of likely N-dealkylation sites (tertiary alicyclic amines) is 1. The van der Waals surface area contributed by atoms with E-state index in [0.29, 0.717) is 19.5 Å². The Morgan fingerprint density at radius 2 is 1.89 bits per heavy atom. The van der Waals surface area contributed by atoms with Crippen LogP contribution in [0.1, 0.15) is 44.6 Å². The van der Waals surface area contributed by atoms with E-state index >= 15 is 0 Å². The van der Waals surface area contributed by atoms with Gasteiger partial charge in [0.05, 0.1) is 0 Å². The number of aliphatic imine (C=N–C) groups is 1. The van der Waals surface area contributed by atoms with Crippen molar-refractivity contribution in [3.05, 3.63) is 35.9 Å². The van der Waals surface area contributed by atoms with Crippen LogP contribution in [-0.4, -0.2) is 56.0 Å². The molecule has 28 heavy (non-hydrogen) atoms. The molecule has 0 saturated carbocycles. The molecule has 158 valence electrons. The van der Waals surface area contributed by atoms with Crippen molar-refractivity contribution in [3.8, 4) is 0 Å². The summed E-state index contributed by atoms with van der Waals surface area (Å²) in [5.41, 5.74) is 1.11. The molecule has 1 saturated heterocycles. The van der Waals surface area contributed by atoms with E-state index in [4.69, 9.17) is 0 Å². The first-order chi connectivity index (χ1) is 13.2. The summed E-state index contributed by atoms with van der Waals surface area (Å²) in [7, 11) is 1.76. The maximum absolute atomic E-state index is 12.0. The minimum absolute atomic E-state index is 0. The standard InChI is InChI=1S/C21H35N5O.HI/c1-3-19-11-7-8-15-26(19)16-14-24-21(22-2)23-13-12-20(27)25-17-18-9-5-4-6-10-18;/h4-6,9-10,19H,3,7-8,11-17H2,1-2H3,(H,25,27)(H2,22,23,24);1H. The number of rotatable bonds is 9. The molecule has 2 rings (SSSR count). The van der Waals surface area contributed by atoms with Crippen LogP contribution in [0.4, 0.5) is 0 Å². The summed E-state index contributed by atoms with van der Waals surface area (Å²) in [5.74, 6) is 0.803. The zero-order valence-corrected chi connectivity index (χ0v) is 19.6. The van der Waals surface area contributed by atoms with Crippen molar-refractivity contribution in [1.82, 2.24) is 20.9 Å². The van der Waals surface area contributed by atoms with Gasteiger partial charge in [-0.15, -0.1) is 24.0 Å². The van der Waals surface area contributed by atoms with Gasteiger partial charge < -0.3 is 16.0 Å². The molecule has 0 aliphatic carbocycles. The molecule has 1 atom stereocenters. The van der Waals surface area contributed by atoms with Crippen LogP contribution in [0, 0.1) is 0 Å². The number of guanidine groups is 1. The number of piperidine rings is 1. The highest BCUT2D eigenvalue weighted by atomic mass is 127. The van der Waals surface area contributed by atoms with Crippen molar-refractivity contribution in [2.24, 2.45) is 4.99 Å². The monoisotopic (exact) mass is 501 g/mol. The molecule has 0 spiro atoms. The minimum Gasteiger partial charge on any atom is -0.356 e. The SMILES string of the molecule is CCC1CCCCN1CCNC(=NC)NCCC(=O)NCc1ccccc1.I. The Kier molecular flexibility index (Phi) is 12.9.